The van der Waals surface area contributed by atoms with Crippen molar-refractivity contribution in [3.05, 3.63) is 198 Å². The number of benzene rings is 7. The molecule has 0 amide bonds. The lowest BCUT2D eigenvalue weighted by atomic mass is 9.41. The molecular weight excluding hydrogens is 793 g/mol. The Bertz CT molecular complexity index is 3370. The van der Waals surface area contributed by atoms with Crippen molar-refractivity contribution in [2.24, 2.45) is 11.8 Å². The van der Waals surface area contributed by atoms with Crippen molar-refractivity contribution in [3.8, 4) is 62.0 Å². The first-order valence-electron chi connectivity index (χ1n) is 23.2. The van der Waals surface area contributed by atoms with Crippen LogP contribution in [0.3, 0.4) is 0 Å². The molecule has 2 aromatic heterocycles. The number of hydrogen-bond donors (Lipinski definition) is 0. The van der Waals surface area contributed by atoms with Crippen LogP contribution in [0.1, 0.15) is 80.2 Å². The van der Waals surface area contributed by atoms with Crippen LogP contribution in [0.2, 0.25) is 0 Å². The van der Waals surface area contributed by atoms with E-state index in [0.717, 1.165) is 34.4 Å². The van der Waals surface area contributed by atoms with Gasteiger partial charge in [-0.3, -0.25) is 0 Å². The molecule has 0 spiro atoms. The van der Waals surface area contributed by atoms with Crippen LogP contribution in [0.25, 0.3) is 76.1 Å². The number of nitrogens with zero attached hydrogens (tertiary/aromatic N) is 2. The molecule has 0 N–H and O–H groups in total. The highest BCUT2D eigenvalue weighted by Crippen LogP contribution is 2.66. The van der Waals surface area contributed by atoms with Gasteiger partial charge in [0.25, 0.3) is 0 Å². The summed E-state index contributed by atoms with van der Waals surface area (Å²) in [5.41, 5.74) is 18.7. The van der Waals surface area contributed by atoms with Crippen LogP contribution in [0.4, 0.5) is 0 Å². The van der Waals surface area contributed by atoms with Gasteiger partial charge in [0.05, 0.1) is 23.0 Å². The molecule has 308 valence electrons. The molecule has 5 aliphatic rings. The molecule has 2 nitrogen and oxygen atoms in total. The predicted molar refractivity (Wildman–Crippen MR) is 266 cm³/mol. The molecule has 4 fully saturated rings. The first-order chi connectivity index (χ1) is 31.3. The van der Waals surface area contributed by atoms with Gasteiger partial charge in [0.1, 0.15) is 0 Å². The molecule has 7 aromatic carbocycles. The summed E-state index contributed by atoms with van der Waals surface area (Å²) in [7, 11) is 0. The van der Waals surface area contributed by atoms with E-state index in [9.17, 15) is 5.26 Å². The van der Waals surface area contributed by atoms with Crippen LogP contribution in [0.5, 0.6) is 0 Å². The maximum absolute atomic E-state index is 9.31. The summed E-state index contributed by atoms with van der Waals surface area (Å²) in [4.78, 5) is 5.42. The molecule has 2 atom stereocenters. The van der Waals surface area contributed by atoms with Crippen molar-refractivity contribution in [2.45, 2.75) is 68.6 Å². The second-order valence-corrected chi connectivity index (χ2v) is 21.3. The van der Waals surface area contributed by atoms with Crippen molar-refractivity contribution < 1.29 is 0 Å². The second kappa shape index (κ2) is 13.9. The number of rotatable bonds is 6. The Kier molecular flexibility index (Phi) is 8.26. The van der Waals surface area contributed by atoms with Gasteiger partial charge >= 0.3 is 0 Å². The molecule has 3 heteroatoms. The lowest BCUT2D eigenvalue weighted by Gasteiger charge is -2.63. The van der Waals surface area contributed by atoms with Crippen molar-refractivity contribution in [2.75, 3.05) is 0 Å². The minimum absolute atomic E-state index is 0.0713. The number of nitriles is 1. The highest BCUT2D eigenvalue weighted by atomic mass is 32.1. The van der Waals surface area contributed by atoms with Crippen molar-refractivity contribution in [1.82, 2.24) is 4.98 Å². The topological polar surface area (TPSA) is 36.7 Å². The number of pyridine rings is 1. The van der Waals surface area contributed by atoms with Crippen LogP contribution in [-0.4, -0.2) is 4.98 Å². The standard InChI is InChI=1S/C61H48N2S/c1-59(2)52-13-7-6-11-50(52)58-51(12-8-14-53(58)59)55-29-45(28-54(63-55)43-9-4-3-5-10-43)42-19-22-46(23-20-42)60-32-39-27-40(33-60)35-61(34-39,37-60)47-24-26-49-48-25-21-44(30-56(48)64-57(49)31-47)41-17-15-38(36-62)16-18-41/h3-26,28-31,39-40H,27,32-35,37H2,1-2H3. The van der Waals surface area contributed by atoms with Gasteiger partial charge in [0, 0.05) is 36.7 Å². The van der Waals surface area contributed by atoms with Gasteiger partial charge in [-0.25, -0.2) is 4.98 Å². The van der Waals surface area contributed by atoms with E-state index in [0.29, 0.717) is 5.56 Å². The van der Waals surface area contributed by atoms with Gasteiger partial charge < -0.3 is 0 Å². The Hall–Kier alpha value is -6.60. The first kappa shape index (κ1) is 37.9. The Balaban J connectivity index is 0.855. The van der Waals surface area contributed by atoms with E-state index >= 15 is 0 Å². The third-order valence-corrected chi connectivity index (χ3v) is 17.2. The fraction of sp³-hybridized carbons (Fsp3) is 0.213. The maximum atomic E-state index is 9.31. The molecular formula is C61H48N2S. The molecule has 0 aliphatic heterocycles. The summed E-state index contributed by atoms with van der Waals surface area (Å²) in [6, 6.07) is 65.5. The molecule has 4 saturated carbocycles. The highest BCUT2D eigenvalue weighted by Gasteiger charge is 2.58. The van der Waals surface area contributed by atoms with Gasteiger partial charge in [-0.15, -0.1) is 11.3 Å². The van der Waals surface area contributed by atoms with Crippen LogP contribution in [-0.2, 0) is 16.2 Å². The lowest BCUT2D eigenvalue weighted by Crippen LogP contribution is -2.55. The molecule has 5 aliphatic carbocycles. The van der Waals surface area contributed by atoms with E-state index in [-0.39, 0.29) is 16.2 Å². The summed E-state index contributed by atoms with van der Waals surface area (Å²) in [5, 5.41) is 12.0. The largest absolute Gasteiger partial charge is 0.248 e. The number of thiophene rings is 1. The van der Waals surface area contributed by atoms with E-state index in [4.69, 9.17) is 4.98 Å². The minimum Gasteiger partial charge on any atom is -0.248 e. The highest BCUT2D eigenvalue weighted by molar-refractivity contribution is 7.25. The maximum Gasteiger partial charge on any atom is 0.0991 e. The Labute approximate surface area is 379 Å². The molecule has 64 heavy (non-hydrogen) atoms. The van der Waals surface area contributed by atoms with Crippen molar-refractivity contribution in [1.29, 1.82) is 5.26 Å². The first-order valence-corrected chi connectivity index (χ1v) is 24.0. The molecule has 2 heterocycles. The summed E-state index contributed by atoms with van der Waals surface area (Å²) < 4.78 is 2.73. The SMILES string of the molecule is CC1(C)c2ccccc2-c2c(-c3cc(-c4ccc(C56CC7CC(C5)CC(c5ccc8c(c5)sc5cc(-c9ccc(C#N)cc9)ccc58)(C7)C6)cc4)cc(-c4ccccc4)n3)cccc21. The zero-order valence-corrected chi connectivity index (χ0v) is 37.2. The third-order valence-electron chi connectivity index (χ3n) is 16.1. The van der Waals surface area contributed by atoms with Crippen LogP contribution >= 0.6 is 11.3 Å². The van der Waals surface area contributed by atoms with Gasteiger partial charge in [0.2, 0.25) is 0 Å². The number of aromatic nitrogens is 1. The zero-order valence-electron chi connectivity index (χ0n) is 36.4. The van der Waals surface area contributed by atoms with Gasteiger partial charge in [0.15, 0.2) is 0 Å². The zero-order chi connectivity index (χ0) is 42.8. The Morgan fingerprint density at radius 1 is 0.516 bits per heavy atom. The average Bonchev–Trinajstić information content (AvgIpc) is 3.82. The lowest BCUT2D eigenvalue weighted by molar-refractivity contribution is -0.0280. The van der Waals surface area contributed by atoms with Crippen molar-refractivity contribution >= 4 is 31.5 Å². The van der Waals surface area contributed by atoms with Gasteiger partial charge in [-0.2, -0.15) is 5.26 Å². The second-order valence-electron chi connectivity index (χ2n) is 20.2. The summed E-state index contributed by atoms with van der Waals surface area (Å²) in [6.45, 7) is 4.71. The van der Waals surface area contributed by atoms with E-state index in [2.05, 4.69) is 178 Å². The van der Waals surface area contributed by atoms with Gasteiger partial charge in [-0.05, 0) is 153 Å². The minimum atomic E-state index is -0.0713. The quantitative estimate of drug-likeness (QED) is 0.167. The molecule has 2 unspecified atom stereocenters. The number of hydrogen-bond acceptors (Lipinski definition) is 3. The Morgan fingerprint density at radius 3 is 1.88 bits per heavy atom. The molecule has 4 bridgehead atoms. The van der Waals surface area contributed by atoms with E-state index in [1.807, 2.05) is 23.5 Å². The Morgan fingerprint density at radius 2 is 1.11 bits per heavy atom. The van der Waals surface area contributed by atoms with Crippen LogP contribution < -0.4 is 0 Å². The molecule has 0 saturated heterocycles. The van der Waals surface area contributed by atoms with Gasteiger partial charge in [-0.1, -0.05) is 147 Å². The normalized spacial score (nSPS) is 22.4. The van der Waals surface area contributed by atoms with Crippen molar-refractivity contribution in [3.63, 3.8) is 0 Å². The summed E-state index contributed by atoms with van der Waals surface area (Å²) in [5.74, 6) is 1.54. The summed E-state index contributed by atoms with van der Waals surface area (Å²) >= 11 is 1.94. The predicted octanol–water partition coefficient (Wildman–Crippen LogP) is 16.1. The van der Waals surface area contributed by atoms with Crippen LogP contribution in [0.15, 0.2) is 170 Å². The van der Waals surface area contributed by atoms with E-state index in [1.165, 1.54) is 109 Å². The molecule has 14 rings (SSSR count). The van der Waals surface area contributed by atoms with Crippen LogP contribution in [0, 0.1) is 23.2 Å². The monoisotopic (exact) mass is 840 g/mol. The fourth-order valence-electron chi connectivity index (χ4n) is 13.5. The average molecular weight is 841 g/mol. The number of fused-ring (bicyclic) bond motifs is 6. The smallest absolute Gasteiger partial charge is 0.0991 e. The van der Waals surface area contributed by atoms with E-state index < -0.39 is 0 Å². The third kappa shape index (κ3) is 5.78. The molecule has 0 radical (unpaired) electrons. The molecule has 9 aromatic rings. The van der Waals surface area contributed by atoms with E-state index in [1.54, 1.807) is 5.56 Å². The summed E-state index contributed by atoms with van der Waals surface area (Å²) in [6.07, 6.45) is 7.87. The fourth-order valence-corrected chi connectivity index (χ4v) is 14.7.